The molecule has 0 aromatic heterocycles. The highest BCUT2D eigenvalue weighted by molar-refractivity contribution is 7.89. The van der Waals surface area contributed by atoms with E-state index in [1.165, 1.54) is 4.31 Å². The third-order valence-corrected chi connectivity index (χ3v) is 7.16. The standard InChI is InChI=1S/C18H27N3O3S/c1-14-3-5-17(6-4-14)25(23,24)20-10-7-16(8-11-20)18(22)21-12-9-19-13-15(21)2/h3-6,15-16,19H,7-13H2,1-2H3/t15-/m1/s1. The lowest BCUT2D eigenvalue weighted by molar-refractivity contribution is -0.139. The zero-order chi connectivity index (χ0) is 18.0. The second-order valence-corrected chi connectivity index (χ2v) is 9.01. The van der Waals surface area contributed by atoms with Gasteiger partial charge in [-0.1, -0.05) is 17.7 Å². The summed E-state index contributed by atoms with van der Waals surface area (Å²) >= 11 is 0. The summed E-state index contributed by atoms with van der Waals surface area (Å²) in [7, 11) is -3.47. The Morgan fingerprint density at radius 3 is 2.36 bits per heavy atom. The Bertz CT molecular complexity index is 710. The number of hydrogen-bond acceptors (Lipinski definition) is 4. The molecule has 25 heavy (non-hydrogen) atoms. The molecule has 6 nitrogen and oxygen atoms in total. The number of nitrogens with one attached hydrogen (secondary N) is 1. The summed E-state index contributed by atoms with van der Waals surface area (Å²) in [6.45, 7) is 7.21. The first kappa shape index (κ1) is 18.4. The van der Waals surface area contributed by atoms with Gasteiger partial charge >= 0.3 is 0 Å². The minimum atomic E-state index is -3.47. The van der Waals surface area contributed by atoms with Crippen LogP contribution in [-0.4, -0.2) is 62.3 Å². The molecule has 0 spiro atoms. The molecule has 2 saturated heterocycles. The second kappa shape index (κ2) is 7.43. The van der Waals surface area contributed by atoms with Gasteiger partial charge in [0.1, 0.15) is 0 Å². The number of carbonyl (C=O) groups excluding carboxylic acids is 1. The molecule has 2 aliphatic heterocycles. The van der Waals surface area contributed by atoms with Crippen LogP contribution in [0.2, 0.25) is 0 Å². The molecule has 3 rings (SSSR count). The van der Waals surface area contributed by atoms with E-state index in [4.69, 9.17) is 0 Å². The van der Waals surface area contributed by atoms with E-state index in [0.29, 0.717) is 30.8 Å². The molecule has 138 valence electrons. The van der Waals surface area contributed by atoms with E-state index in [0.717, 1.165) is 25.2 Å². The molecule has 0 aliphatic carbocycles. The number of sulfonamides is 1. The highest BCUT2D eigenvalue weighted by atomic mass is 32.2. The highest BCUT2D eigenvalue weighted by Crippen LogP contribution is 2.26. The molecule has 2 fully saturated rings. The zero-order valence-electron chi connectivity index (χ0n) is 14.9. The van der Waals surface area contributed by atoms with Crippen LogP contribution in [0, 0.1) is 12.8 Å². The summed E-state index contributed by atoms with van der Waals surface area (Å²) in [6.07, 6.45) is 1.20. The maximum Gasteiger partial charge on any atom is 0.243 e. The predicted octanol–water partition coefficient (Wildman–Crippen LogP) is 1.22. The molecule has 1 aromatic carbocycles. The number of carbonyl (C=O) groups is 1. The van der Waals surface area contributed by atoms with Crippen molar-refractivity contribution in [2.75, 3.05) is 32.7 Å². The van der Waals surface area contributed by atoms with Crippen molar-refractivity contribution in [3.63, 3.8) is 0 Å². The SMILES string of the molecule is Cc1ccc(S(=O)(=O)N2CCC(C(=O)N3CCNC[C@H]3C)CC2)cc1. The molecule has 1 N–H and O–H groups in total. The Balaban J connectivity index is 1.63. The van der Waals surface area contributed by atoms with Crippen molar-refractivity contribution < 1.29 is 13.2 Å². The fourth-order valence-corrected chi connectivity index (χ4v) is 5.08. The van der Waals surface area contributed by atoms with Crippen LogP contribution in [0.15, 0.2) is 29.2 Å². The fourth-order valence-electron chi connectivity index (χ4n) is 3.61. The minimum Gasteiger partial charge on any atom is -0.337 e. The maximum atomic E-state index is 12.8. The van der Waals surface area contributed by atoms with Gasteiger partial charge in [0.05, 0.1) is 4.90 Å². The van der Waals surface area contributed by atoms with Crippen molar-refractivity contribution in [1.82, 2.24) is 14.5 Å². The van der Waals surface area contributed by atoms with E-state index in [1.807, 2.05) is 24.0 Å². The van der Waals surface area contributed by atoms with Gasteiger partial charge in [-0.05, 0) is 38.8 Å². The largest absolute Gasteiger partial charge is 0.337 e. The molecule has 0 bridgehead atoms. The van der Waals surface area contributed by atoms with Gasteiger partial charge in [-0.3, -0.25) is 4.79 Å². The molecule has 0 saturated carbocycles. The van der Waals surface area contributed by atoms with E-state index in [9.17, 15) is 13.2 Å². The fraction of sp³-hybridized carbons (Fsp3) is 0.611. The summed E-state index contributed by atoms with van der Waals surface area (Å²) < 4.78 is 27.0. The van der Waals surface area contributed by atoms with E-state index in [1.54, 1.807) is 12.1 Å². The number of amides is 1. The van der Waals surface area contributed by atoms with Crippen molar-refractivity contribution in [3.8, 4) is 0 Å². The molecule has 7 heteroatoms. The van der Waals surface area contributed by atoms with Crippen LogP contribution in [0.3, 0.4) is 0 Å². The van der Waals surface area contributed by atoms with Gasteiger partial charge in [0.25, 0.3) is 0 Å². The van der Waals surface area contributed by atoms with E-state index < -0.39 is 10.0 Å². The smallest absolute Gasteiger partial charge is 0.243 e. The normalized spacial score (nSPS) is 23.6. The zero-order valence-corrected chi connectivity index (χ0v) is 15.8. The third-order valence-electron chi connectivity index (χ3n) is 5.25. The maximum absolute atomic E-state index is 12.8. The number of aryl methyl sites for hydroxylation is 1. The molecule has 1 aromatic rings. The minimum absolute atomic E-state index is 0.0648. The van der Waals surface area contributed by atoms with E-state index >= 15 is 0 Å². The van der Waals surface area contributed by atoms with Gasteiger partial charge in [-0.25, -0.2) is 8.42 Å². The van der Waals surface area contributed by atoms with Crippen molar-refractivity contribution in [2.24, 2.45) is 5.92 Å². The van der Waals surface area contributed by atoms with Crippen molar-refractivity contribution in [2.45, 2.75) is 37.6 Å². The lowest BCUT2D eigenvalue weighted by Gasteiger charge is -2.38. The molecule has 0 radical (unpaired) electrons. The van der Waals surface area contributed by atoms with Gasteiger partial charge in [0, 0.05) is 44.7 Å². The van der Waals surface area contributed by atoms with Crippen LogP contribution in [0.1, 0.15) is 25.3 Å². The van der Waals surface area contributed by atoms with Crippen LogP contribution in [0.25, 0.3) is 0 Å². The molecule has 1 amide bonds. The summed E-state index contributed by atoms with van der Waals surface area (Å²) in [5.74, 6) is 0.117. The number of nitrogens with zero attached hydrogens (tertiary/aromatic N) is 2. The molecule has 2 aliphatic rings. The molecular formula is C18H27N3O3S. The predicted molar refractivity (Wildman–Crippen MR) is 96.7 cm³/mol. The quantitative estimate of drug-likeness (QED) is 0.874. The summed E-state index contributed by atoms with van der Waals surface area (Å²) in [5.41, 5.74) is 1.04. The topological polar surface area (TPSA) is 69.7 Å². The first-order valence-electron chi connectivity index (χ1n) is 8.97. The third kappa shape index (κ3) is 3.88. The van der Waals surface area contributed by atoms with Crippen LogP contribution in [0.4, 0.5) is 0 Å². The van der Waals surface area contributed by atoms with Crippen molar-refractivity contribution in [3.05, 3.63) is 29.8 Å². The van der Waals surface area contributed by atoms with E-state index in [2.05, 4.69) is 12.2 Å². The van der Waals surface area contributed by atoms with E-state index in [-0.39, 0.29) is 17.9 Å². The van der Waals surface area contributed by atoms with Crippen molar-refractivity contribution in [1.29, 1.82) is 0 Å². The van der Waals surface area contributed by atoms with Crippen LogP contribution in [-0.2, 0) is 14.8 Å². The summed E-state index contributed by atoms with van der Waals surface area (Å²) in [4.78, 5) is 15.0. The number of piperazine rings is 1. The molecule has 0 unspecified atom stereocenters. The second-order valence-electron chi connectivity index (χ2n) is 7.08. The molecule has 2 heterocycles. The number of benzene rings is 1. The lowest BCUT2D eigenvalue weighted by Crippen LogP contribution is -2.55. The van der Waals surface area contributed by atoms with Crippen LogP contribution >= 0.6 is 0 Å². The Labute approximate surface area is 150 Å². The van der Waals surface area contributed by atoms with Gasteiger partial charge in [-0.15, -0.1) is 0 Å². The molecule has 1 atom stereocenters. The Kier molecular flexibility index (Phi) is 5.46. The monoisotopic (exact) mass is 365 g/mol. The Morgan fingerprint density at radius 1 is 1.12 bits per heavy atom. The average Bonchev–Trinajstić information content (AvgIpc) is 2.62. The van der Waals surface area contributed by atoms with Crippen molar-refractivity contribution >= 4 is 15.9 Å². The molecular weight excluding hydrogens is 338 g/mol. The van der Waals surface area contributed by atoms with Gasteiger partial charge in [0.2, 0.25) is 15.9 Å². The summed E-state index contributed by atoms with van der Waals surface area (Å²) in [6, 6.07) is 7.15. The number of piperidine rings is 1. The first-order chi connectivity index (χ1) is 11.9. The Hall–Kier alpha value is -1.44. The average molecular weight is 365 g/mol. The van der Waals surface area contributed by atoms with Gasteiger partial charge < -0.3 is 10.2 Å². The first-order valence-corrected chi connectivity index (χ1v) is 10.4. The highest BCUT2D eigenvalue weighted by Gasteiger charge is 2.35. The summed E-state index contributed by atoms with van der Waals surface area (Å²) in [5, 5.41) is 3.29. The van der Waals surface area contributed by atoms with Crippen LogP contribution in [0.5, 0.6) is 0 Å². The number of hydrogen-bond donors (Lipinski definition) is 1. The Morgan fingerprint density at radius 2 is 1.76 bits per heavy atom. The number of rotatable bonds is 3. The van der Waals surface area contributed by atoms with Gasteiger partial charge in [0.15, 0.2) is 0 Å². The van der Waals surface area contributed by atoms with Gasteiger partial charge in [-0.2, -0.15) is 4.31 Å². The van der Waals surface area contributed by atoms with Crippen LogP contribution < -0.4 is 5.32 Å². The lowest BCUT2D eigenvalue weighted by atomic mass is 9.95.